The van der Waals surface area contributed by atoms with Gasteiger partial charge in [-0.2, -0.15) is 23.4 Å². The summed E-state index contributed by atoms with van der Waals surface area (Å²) in [7, 11) is 0. The Morgan fingerprint density at radius 1 is 1.09 bits per heavy atom. The van der Waals surface area contributed by atoms with Gasteiger partial charge in [0.15, 0.2) is 0 Å². The monoisotopic (exact) mass is 440 g/mol. The molecule has 164 valence electrons. The first kappa shape index (κ1) is 21.6. The second kappa shape index (κ2) is 8.83. The van der Waals surface area contributed by atoms with Crippen molar-refractivity contribution in [3.05, 3.63) is 71.1 Å². The highest BCUT2D eigenvalue weighted by molar-refractivity contribution is 5.79. The molecule has 32 heavy (non-hydrogen) atoms. The molecule has 1 aromatic heterocycles. The fourth-order valence-corrected chi connectivity index (χ4v) is 3.29. The van der Waals surface area contributed by atoms with Crippen molar-refractivity contribution in [1.29, 1.82) is 5.26 Å². The number of hydrogen-bond acceptors (Lipinski definition) is 5. The van der Waals surface area contributed by atoms with Gasteiger partial charge in [-0.25, -0.2) is 0 Å². The van der Waals surface area contributed by atoms with Gasteiger partial charge in [0.1, 0.15) is 0 Å². The lowest BCUT2D eigenvalue weighted by Gasteiger charge is -2.23. The molecule has 0 saturated heterocycles. The lowest BCUT2D eigenvalue weighted by molar-refractivity contribution is -0.159. The van der Waals surface area contributed by atoms with E-state index < -0.39 is 12.1 Å². The minimum Gasteiger partial charge on any atom is -0.338 e. The summed E-state index contributed by atoms with van der Waals surface area (Å²) in [4.78, 5) is 18.1. The zero-order valence-corrected chi connectivity index (χ0v) is 17.0. The maximum absolute atomic E-state index is 12.9. The number of carbonyl (C=O) groups is 1. The molecule has 1 fully saturated rings. The Morgan fingerprint density at radius 3 is 2.31 bits per heavy atom. The number of rotatable bonds is 7. The van der Waals surface area contributed by atoms with Gasteiger partial charge in [0.25, 0.3) is 0 Å². The molecule has 0 unspecified atom stereocenters. The van der Waals surface area contributed by atoms with Crippen LogP contribution in [0.2, 0.25) is 0 Å². The number of nitriles is 1. The summed E-state index contributed by atoms with van der Waals surface area (Å²) in [5.74, 6) is -1.05. The third kappa shape index (κ3) is 5.32. The van der Waals surface area contributed by atoms with Crippen molar-refractivity contribution in [2.24, 2.45) is 5.92 Å². The van der Waals surface area contributed by atoms with E-state index in [4.69, 9.17) is 5.26 Å². The lowest BCUT2D eigenvalue weighted by atomic mass is 10.1. The van der Waals surface area contributed by atoms with E-state index >= 15 is 0 Å². The number of carbonyl (C=O) groups excluding carboxylic acids is 1. The minimum atomic E-state index is -4.69. The smallest absolute Gasteiger partial charge is 0.338 e. The summed E-state index contributed by atoms with van der Waals surface area (Å²) in [6.07, 6.45) is -2.26. The number of benzene rings is 2. The molecule has 0 atom stereocenters. The highest BCUT2D eigenvalue weighted by Crippen LogP contribution is 2.31. The van der Waals surface area contributed by atoms with E-state index in [-0.39, 0.29) is 18.2 Å². The van der Waals surface area contributed by atoms with Crippen LogP contribution >= 0.6 is 0 Å². The van der Waals surface area contributed by atoms with Crippen LogP contribution in [0.1, 0.15) is 35.4 Å². The maximum atomic E-state index is 12.9. The molecule has 9 heteroatoms. The van der Waals surface area contributed by atoms with Gasteiger partial charge < -0.3 is 9.42 Å². The maximum Gasteiger partial charge on any atom is 0.471 e. The van der Waals surface area contributed by atoms with Gasteiger partial charge in [-0.15, -0.1) is 0 Å². The Morgan fingerprint density at radius 2 is 1.75 bits per heavy atom. The highest BCUT2D eigenvalue weighted by atomic mass is 19.4. The van der Waals surface area contributed by atoms with Crippen LogP contribution in [0.5, 0.6) is 0 Å². The average molecular weight is 440 g/mol. The molecule has 0 bridgehead atoms. The molecule has 0 radical (unpaired) electrons. The van der Waals surface area contributed by atoms with Gasteiger partial charge in [0.05, 0.1) is 18.1 Å². The number of amides is 1. The summed E-state index contributed by atoms with van der Waals surface area (Å²) >= 11 is 0. The molecule has 1 heterocycles. The second-order valence-corrected chi connectivity index (χ2v) is 7.82. The van der Waals surface area contributed by atoms with E-state index in [9.17, 15) is 18.0 Å². The molecule has 0 spiro atoms. The first-order chi connectivity index (χ1) is 15.3. The topological polar surface area (TPSA) is 83.0 Å². The van der Waals surface area contributed by atoms with Crippen molar-refractivity contribution in [2.45, 2.75) is 32.0 Å². The van der Waals surface area contributed by atoms with Gasteiger partial charge in [0, 0.05) is 18.7 Å². The molecule has 1 aliphatic carbocycles. The second-order valence-electron chi connectivity index (χ2n) is 7.82. The molecule has 2 aromatic carbocycles. The SMILES string of the molecule is N#Cc1ccc(CC(=O)N(Cc2ccc(-c3noc(C(F)(F)F)n3)cc2)CC2CC2)cc1. The van der Waals surface area contributed by atoms with Crippen molar-refractivity contribution in [2.75, 3.05) is 6.54 Å². The quantitative estimate of drug-likeness (QED) is 0.536. The number of halogens is 3. The van der Waals surface area contributed by atoms with Crippen molar-refractivity contribution in [3.63, 3.8) is 0 Å². The molecule has 0 N–H and O–H groups in total. The van der Waals surface area contributed by atoms with E-state index in [0.717, 1.165) is 24.0 Å². The van der Waals surface area contributed by atoms with Gasteiger partial charge in [-0.05, 0) is 42.0 Å². The number of alkyl halides is 3. The molecular formula is C23H19F3N4O2. The van der Waals surface area contributed by atoms with E-state index in [0.29, 0.717) is 30.1 Å². The van der Waals surface area contributed by atoms with Crippen molar-refractivity contribution < 1.29 is 22.5 Å². The van der Waals surface area contributed by atoms with Gasteiger partial charge >= 0.3 is 12.1 Å². The van der Waals surface area contributed by atoms with Crippen LogP contribution in [-0.4, -0.2) is 27.5 Å². The average Bonchev–Trinajstić information content (AvgIpc) is 3.44. The van der Waals surface area contributed by atoms with Gasteiger partial charge in [-0.3, -0.25) is 4.79 Å². The van der Waals surface area contributed by atoms with E-state index in [1.54, 1.807) is 53.4 Å². The summed E-state index contributed by atoms with van der Waals surface area (Å²) in [6, 6.07) is 15.7. The van der Waals surface area contributed by atoms with Gasteiger partial charge in [-0.1, -0.05) is 41.6 Å². The van der Waals surface area contributed by atoms with Crippen LogP contribution in [0, 0.1) is 17.2 Å². The summed E-state index contributed by atoms with van der Waals surface area (Å²) in [5, 5.41) is 12.3. The highest BCUT2D eigenvalue weighted by Gasteiger charge is 2.38. The van der Waals surface area contributed by atoms with E-state index in [2.05, 4.69) is 20.7 Å². The predicted molar refractivity (Wildman–Crippen MR) is 108 cm³/mol. The minimum absolute atomic E-state index is 0.0151. The Kier molecular flexibility index (Phi) is 5.95. The standard InChI is InChI=1S/C23H19F3N4O2/c24-23(25,26)22-28-21(29-32-22)19-9-7-18(8-10-19)14-30(13-17-5-6-17)20(31)11-15-1-3-16(12-27)4-2-15/h1-4,7-10,17H,5-6,11,13-14H2. The van der Waals surface area contributed by atoms with Crippen molar-refractivity contribution >= 4 is 5.91 Å². The molecule has 6 nitrogen and oxygen atoms in total. The fourth-order valence-electron chi connectivity index (χ4n) is 3.29. The van der Waals surface area contributed by atoms with Crippen LogP contribution in [0.3, 0.4) is 0 Å². The molecule has 1 saturated carbocycles. The Balaban J connectivity index is 1.44. The van der Waals surface area contributed by atoms with Crippen LogP contribution < -0.4 is 0 Å². The summed E-state index contributed by atoms with van der Waals surface area (Å²) in [5.41, 5.74) is 2.62. The zero-order chi connectivity index (χ0) is 22.7. The number of hydrogen-bond donors (Lipinski definition) is 0. The van der Waals surface area contributed by atoms with Crippen LogP contribution in [-0.2, 0) is 23.9 Å². The molecule has 1 aliphatic rings. The molecular weight excluding hydrogens is 421 g/mol. The largest absolute Gasteiger partial charge is 0.471 e. The van der Waals surface area contributed by atoms with E-state index in [1.807, 2.05) is 0 Å². The Hall–Kier alpha value is -3.67. The molecule has 0 aliphatic heterocycles. The van der Waals surface area contributed by atoms with Gasteiger partial charge in [0.2, 0.25) is 11.7 Å². The lowest BCUT2D eigenvalue weighted by Crippen LogP contribution is -2.33. The van der Waals surface area contributed by atoms with E-state index in [1.165, 1.54) is 0 Å². The number of nitrogens with zero attached hydrogens (tertiary/aromatic N) is 4. The molecule has 4 rings (SSSR count). The Labute approximate surface area is 182 Å². The molecule has 3 aromatic rings. The first-order valence-electron chi connectivity index (χ1n) is 10.1. The summed E-state index contributed by atoms with van der Waals surface area (Å²) in [6.45, 7) is 1.06. The molecule has 1 amide bonds. The van der Waals surface area contributed by atoms with Crippen LogP contribution in [0.25, 0.3) is 11.4 Å². The Bertz CT molecular complexity index is 1130. The normalized spacial score (nSPS) is 13.6. The number of aromatic nitrogens is 2. The van der Waals surface area contributed by atoms with Crippen molar-refractivity contribution in [3.8, 4) is 17.5 Å². The predicted octanol–water partition coefficient (Wildman–Crippen LogP) is 4.61. The first-order valence-corrected chi connectivity index (χ1v) is 10.1. The van der Waals surface area contributed by atoms with Crippen molar-refractivity contribution in [1.82, 2.24) is 15.0 Å². The summed E-state index contributed by atoms with van der Waals surface area (Å²) < 4.78 is 42.2. The third-order valence-corrected chi connectivity index (χ3v) is 5.22. The van der Waals surface area contributed by atoms with Crippen LogP contribution in [0.15, 0.2) is 53.1 Å². The third-order valence-electron chi connectivity index (χ3n) is 5.22. The fraction of sp³-hybridized carbons (Fsp3) is 0.304. The van der Waals surface area contributed by atoms with Crippen LogP contribution in [0.4, 0.5) is 13.2 Å². The zero-order valence-electron chi connectivity index (χ0n) is 17.0.